The molecule has 0 radical (unpaired) electrons. The van der Waals surface area contributed by atoms with Crippen LogP contribution in [0.1, 0.15) is 17.0 Å². The number of amides is 1. The molecule has 4 aromatic rings. The summed E-state index contributed by atoms with van der Waals surface area (Å²) in [4.78, 5) is 26.3. The molecule has 1 fully saturated rings. The number of aryl methyl sites for hydroxylation is 2. The molecule has 1 aromatic carbocycles. The number of piperazine rings is 1. The minimum atomic E-state index is 0.0828. The molecule has 3 aromatic heterocycles. The highest BCUT2D eigenvalue weighted by Crippen LogP contribution is 2.30. The van der Waals surface area contributed by atoms with Gasteiger partial charge in [0.15, 0.2) is 5.65 Å². The van der Waals surface area contributed by atoms with Crippen molar-refractivity contribution in [2.75, 3.05) is 26.2 Å². The fraction of sp³-hybridized carbons (Fsp3) is 0.308. The average Bonchev–Trinajstić information content (AvgIpc) is 3.16. The molecule has 0 bridgehead atoms. The summed E-state index contributed by atoms with van der Waals surface area (Å²) in [6.45, 7) is 8.20. The summed E-state index contributed by atoms with van der Waals surface area (Å²) in [6.07, 6.45) is 3.62. The fourth-order valence-corrected chi connectivity index (χ4v) is 4.47. The van der Waals surface area contributed by atoms with E-state index in [9.17, 15) is 4.79 Å². The maximum atomic E-state index is 13.1. The minimum Gasteiger partial charge on any atom is -0.339 e. The van der Waals surface area contributed by atoms with Crippen molar-refractivity contribution in [3.63, 3.8) is 0 Å². The van der Waals surface area contributed by atoms with E-state index in [0.29, 0.717) is 13.1 Å². The predicted molar refractivity (Wildman–Crippen MR) is 129 cm³/mol. The molecular weight excluding hydrogens is 412 g/mol. The Morgan fingerprint density at radius 1 is 0.909 bits per heavy atom. The highest BCUT2D eigenvalue weighted by atomic mass is 16.2. The summed E-state index contributed by atoms with van der Waals surface area (Å²) in [5.74, 6) is 0.0828. The second-order valence-corrected chi connectivity index (χ2v) is 8.64. The van der Waals surface area contributed by atoms with Gasteiger partial charge in [-0.1, -0.05) is 35.9 Å². The van der Waals surface area contributed by atoms with E-state index >= 15 is 0 Å². The third-order valence-corrected chi connectivity index (χ3v) is 6.29. The predicted octanol–water partition coefficient (Wildman–Crippen LogP) is 3.45. The van der Waals surface area contributed by atoms with Crippen molar-refractivity contribution in [3.05, 3.63) is 77.9 Å². The van der Waals surface area contributed by atoms with Gasteiger partial charge in [0.25, 0.3) is 0 Å². The van der Waals surface area contributed by atoms with E-state index in [1.807, 2.05) is 42.3 Å². The van der Waals surface area contributed by atoms with E-state index in [1.165, 1.54) is 5.56 Å². The Bertz CT molecular complexity index is 1260. The first-order valence-corrected chi connectivity index (χ1v) is 11.4. The van der Waals surface area contributed by atoms with Gasteiger partial charge in [0.2, 0.25) is 5.91 Å². The van der Waals surface area contributed by atoms with Gasteiger partial charge in [-0.05, 0) is 43.2 Å². The number of benzene rings is 1. The molecule has 1 saturated heterocycles. The molecule has 0 N–H and O–H groups in total. The van der Waals surface area contributed by atoms with Gasteiger partial charge in [-0.2, -0.15) is 5.10 Å². The zero-order valence-electron chi connectivity index (χ0n) is 19.1. The lowest BCUT2D eigenvalue weighted by atomic mass is 10.0. The number of hydrogen-bond acceptors (Lipinski definition) is 5. The third-order valence-electron chi connectivity index (χ3n) is 6.29. The summed E-state index contributed by atoms with van der Waals surface area (Å²) in [7, 11) is 0. The summed E-state index contributed by atoms with van der Waals surface area (Å²) >= 11 is 0. The van der Waals surface area contributed by atoms with Crippen molar-refractivity contribution in [1.29, 1.82) is 0 Å². The second-order valence-electron chi connectivity index (χ2n) is 8.64. The molecule has 1 amide bonds. The average molecular weight is 441 g/mol. The van der Waals surface area contributed by atoms with Crippen LogP contribution in [0.3, 0.4) is 0 Å². The van der Waals surface area contributed by atoms with Crippen LogP contribution in [-0.4, -0.2) is 61.6 Å². The normalized spacial score (nSPS) is 14.7. The number of carbonyl (C=O) groups excluding carboxylic acids is 1. The molecule has 4 heterocycles. The number of rotatable bonds is 5. The number of fused-ring (bicyclic) bond motifs is 1. The van der Waals surface area contributed by atoms with E-state index < -0.39 is 0 Å². The van der Waals surface area contributed by atoms with Crippen LogP contribution in [0.25, 0.3) is 22.2 Å². The van der Waals surface area contributed by atoms with Gasteiger partial charge in [0.1, 0.15) is 6.54 Å². The minimum absolute atomic E-state index is 0.0828. The highest BCUT2D eigenvalue weighted by molar-refractivity contribution is 5.95. The van der Waals surface area contributed by atoms with Crippen LogP contribution in [0.15, 0.2) is 60.9 Å². The Labute approximate surface area is 193 Å². The van der Waals surface area contributed by atoms with Crippen LogP contribution in [0.4, 0.5) is 0 Å². The van der Waals surface area contributed by atoms with Gasteiger partial charge in [0.05, 0.1) is 11.4 Å². The smallest absolute Gasteiger partial charge is 0.244 e. The highest BCUT2D eigenvalue weighted by Gasteiger charge is 2.23. The molecule has 7 heteroatoms. The lowest BCUT2D eigenvalue weighted by molar-refractivity contribution is -0.133. The number of pyridine rings is 2. The van der Waals surface area contributed by atoms with Crippen molar-refractivity contribution in [3.8, 4) is 11.1 Å². The van der Waals surface area contributed by atoms with Crippen LogP contribution in [0, 0.1) is 13.8 Å². The van der Waals surface area contributed by atoms with Crippen LogP contribution < -0.4 is 0 Å². The molecule has 0 aliphatic carbocycles. The van der Waals surface area contributed by atoms with E-state index in [0.717, 1.165) is 53.2 Å². The number of carbonyl (C=O) groups is 1. The Morgan fingerprint density at radius 3 is 2.42 bits per heavy atom. The summed E-state index contributed by atoms with van der Waals surface area (Å²) in [5.41, 5.74) is 6.16. The maximum absolute atomic E-state index is 13.1. The molecule has 168 valence electrons. The number of aromatic nitrogens is 4. The molecule has 0 spiro atoms. The van der Waals surface area contributed by atoms with Crippen molar-refractivity contribution in [1.82, 2.24) is 29.5 Å². The molecule has 7 nitrogen and oxygen atoms in total. The van der Waals surface area contributed by atoms with E-state index in [-0.39, 0.29) is 12.5 Å². The first-order chi connectivity index (χ1) is 16.1. The quantitative estimate of drug-likeness (QED) is 0.476. The maximum Gasteiger partial charge on any atom is 0.244 e. The van der Waals surface area contributed by atoms with Gasteiger partial charge >= 0.3 is 0 Å². The Balaban J connectivity index is 1.29. The van der Waals surface area contributed by atoms with Crippen LogP contribution in [-0.2, 0) is 17.9 Å². The Kier molecular flexibility index (Phi) is 5.88. The monoisotopic (exact) mass is 440 g/mol. The van der Waals surface area contributed by atoms with E-state index in [2.05, 4.69) is 51.2 Å². The van der Waals surface area contributed by atoms with Gasteiger partial charge in [-0.25, -0.2) is 9.67 Å². The zero-order valence-corrected chi connectivity index (χ0v) is 19.1. The first-order valence-electron chi connectivity index (χ1n) is 11.4. The van der Waals surface area contributed by atoms with E-state index in [1.54, 1.807) is 10.9 Å². The summed E-state index contributed by atoms with van der Waals surface area (Å²) in [5, 5.41) is 5.70. The standard InChI is InChI=1S/C26H28N6O/c1-19-6-8-21(9-7-19)23-10-12-28-26-25(23)20(2)29-32(26)18-24(33)31-15-13-30(14-16-31)17-22-5-3-4-11-27-22/h3-12H,13-18H2,1-2H3. The molecule has 0 atom stereocenters. The summed E-state index contributed by atoms with van der Waals surface area (Å²) in [6, 6.07) is 16.5. The molecule has 1 aliphatic rings. The van der Waals surface area contributed by atoms with Gasteiger partial charge in [-0.15, -0.1) is 0 Å². The Morgan fingerprint density at radius 2 is 1.70 bits per heavy atom. The van der Waals surface area contributed by atoms with Crippen LogP contribution in [0.5, 0.6) is 0 Å². The van der Waals surface area contributed by atoms with Gasteiger partial charge in [-0.3, -0.25) is 14.7 Å². The van der Waals surface area contributed by atoms with Crippen LogP contribution in [0.2, 0.25) is 0 Å². The number of hydrogen-bond donors (Lipinski definition) is 0. The lowest BCUT2D eigenvalue weighted by Crippen LogP contribution is -2.49. The molecule has 0 unspecified atom stereocenters. The number of nitrogens with zero attached hydrogens (tertiary/aromatic N) is 6. The first kappa shape index (κ1) is 21.3. The SMILES string of the molecule is Cc1ccc(-c2ccnc3c2c(C)nn3CC(=O)N2CCN(Cc3ccccn3)CC2)cc1. The fourth-order valence-electron chi connectivity index (χ4n) is 4.47. The molecule has 0 saturated carbocycles. The van der Waals surface area contributed by atoms with Crippen molar-refractivity contribution in [2.45, 2.75) is 26.9 Å². The lowest BCUT2D eigenvalue weighted by Gasteiger charge is -2.34. The van der Waals surface area contributed by atoms with Crippen molar-refractivity contribution in [2.24, 2.45) is 0 Å². The molecule has 1 aliphatic heterocycles. The Hall–Kier alpha value is -3.58. The van der Waals surface area contributed by atoms with Crippen molar-refractivity contribution < 1.29 is 4.79 Å². The van der Waals surface area contributed by atoms with E-state index in [4.69, 9.17) is 0 Å². The topological polar surface area (TPSA) is 67.2 Å². The second kappa shape index (κ2) is 9.11. The van der Waals surface area contributed by atoms with Gasteiger partial charge < -0.3 is 4.90 Å². The van der Waals surface area contributed by atoms with Crippen molar-refractivity contribution >= 4 is 16.9 Å². The summed E-state index contributed by atoms with van der Waals surface area (Å²) < 4.78 is 1.75. The third kappa shape index (κ3) is 4.50. The molecular formula is C26H28N6O. The zero-order chi connectivity index (χ0) is 22.8. The largest absolute Gasteiger partial charge is 0.339 e. The molecule has 33 heavy (non-hydrogen) atoms. The van der Waals surface area contributed by atoms with Crippen LogP contribution >= 0.6 is 0 Å². The van der Waals surface area contributed by atoms with Gasteiger partial charge in [0, 0.05) is 50.5 Å². The molecule has 5 rings (SSSR count).